The van der Waals surface area contributed by atoms with E-state index in [1.165, 1.54) is 4.31 Å². The van der Waals surface area contributed by atoms with E-state index in [-0.39, 0.29) is 17.9 Å². The number of piperidine rings is 1. The number of carbonyl (C=O) groups is 1. The summed E-state index contributed by atoms with van der Waals surface area (Å²) in [5.74, 6) is -0.385. The van der Waals surface area contributed by atoms with E-state index in [9.17, 15) is 18.5 Å². The van der Waals surface area contributed by atoms with Crippen LogP contribution in [0.1, 0.15) is 52.0 Å². The van der Waals surface area contributed by atoms with E-state index in [1.807, 2.05) is 26.8 Å². The molecular weight excluding hydrogens is 468 g/mol. The third-order valence-corrected chi connectivity index (χ3v) is 9.87. The van der Waals surface area contributed by atoms with Crippen LogP contribution in [0, 0.1) is 17.2 Å². The molecule has 11 heteroatoms. The lowest BCUT2D eigenvalue weighted by Crippen LogP contribution is -2.61. The van der Waals surface area contributed by atoms with Gasteiger partial charge >= 0.3 is 0 Å². The summed E-state index contributed by atoms with van der Waals surface area (Å²) < 4.78 is 33.4. The molecule has 0 radical (unpaired) electrons. The lowest BCUT2D eigenvalue weighted by Gasteiger charge is -2.46. The van der Waals surface area contributed by atoms with E-state index in [4.69, 9.17) is 4.74 Å². The van der Waals surface area contributed by atoms with Crippen LogP contribution in [0.5, 0.6) is 0 Å². The Kier molecular flexibility index (Phi) is 6.09. The van der Waals surface area contributed by atoms with Crippen LogP contribution in [-0.4, -0.2) is 66.7 Å². The van der Waals surface area contributed by atoms with Crippen molar-refractivity contribution in [3.05, 3.63) is 23.8 Å². The van der Waals surface area contributed by atoms with Crippen molar-refractivity contribution in [2.45, 2.75) is 81.2 Å². The molecule has 0 aromatic heterocycles. The standard InChI is InChI=1S/C24H34N6O4S/c1-23(2,3)29-14-16-13-17(5-6-19(16)35(29,32)33)27-21-20-18(7-11-26-22(20)31)30(28-21)24(9-10-25)8-4-12-34-15-24/h5-6,13,18,20-21,27-28H,4,7-9,11-12,14-15H2,1-3H3,(H,26,31)/t18?,20?,21?,24-/m0/s1. The summed E-state index contributed by atoms with van der Waals surface area (Å²) in [6.45, 7) is 7.71. The Morgan fingerprint density at radius 2 is 2.14 bits per heavy atom. The molecule has 1 aromatic carbocycles. The number of nitriles is 1. The number of rotatable bonds is 4. The zero-order valence-electron chi connectivity index (χ0n) is 20.5. The summed E-state index contributed by atoms with van der Waals surface area (Å²) in [6, 6.07) is 7.55. The van der Waals surface area contributed by atoms with Gasteiger partial charge in [0.1, 0.15) is 6.17 Å². The van der Waals surface area contributed by atoms with Crippen LogP contribution in [0.3, 0.4) is 0 Å². The fourth-order valence-electron chi connectivity index (χ4n) is 5.99. The summed E-state index contributed by atoms with van der Waals surface area (Å²) >= 11 is 0. The quantitative estimate of drug-likeness (QED) is 0.566. The zero-order valence-corrected chi connectivity index (χ0v) is 21.3. The number of nitrogens with zero attached hydrogens (tertiary/aromatic N) is 3. The van der Waals surface area contributed by atoms with Crippen molar-refractivity contribution in [2.24, 2.45) is 5.92 Å². The first-order chi connectivity index (χ1) is 16.6. The largest absolute Gasteiger partial charge is 0.379 e. The minimum Gasteiger partial charge on any atom is -0.379 e. The van der Waals surface area contributed by atoms with Crippen molar-refractivity contribution in [1.82, 2.24) is 20.1 Å². The molecule has 0 bridgehead atoms. The van der Waals surface area contributed by atoms with Crippen LogP contribution in [0.25, 0.3) is 0 Å². The van der Waals surface area contributed by atoms with Gasteiger partial charge < -0.3 is 15.4 Å². The predicted molar refractivity (Wildman–Crippen MR) is 129 cm³/mol. The second-order valence-corrected chi connectivity index (χ2v) is 12.8. The number of nitrogens with one attached hydrogen (secondary N) is 3. The van der Waals surface area contributed by atoms with E-state index >= 15 is 0 Å². The molecule has 0 spiro atoms. The second-order valence-electron chi connectivity index (χ2n) is 11.0. The van der Waals surface area contributed by atoms with Crippen molar-refractivity contribution >= 4 is 21.6 Å². The number of sulfonamides is 1. The minimum absolute atomic E-state index is 0.0276. The van der Waals surface area contributed by atoms with Gasteiger partial charge in [-0.05, 0) is 63.8 Å². The van der Waals surface area contributed by atoms with Crippen LogP contribution in [0.2, 0.25) is 0 Å². The molecule has 190 valence electrons. The van der Waals surface area contributed by atoms with Gasteiger partial charge in [-0.3, -0.25) is 4.79 Å². The molecule has 0 saturated carbocycles. The number of amides is 1. The number of carbonyl (C=O) groups excluding carboxylic acids is 1. The monoisotopic (exact) mass is 502 g/mol. The topological polar surface area (TPSA) is 127 Å². The summed E-state index contributed by atoms with van der Waals surface area (Å²) in [7, 11) is -3.54. The normalized spacial score (nSPS) is 33.0. The molecule has 4 atom stereocenters. The van der Waals surface area contributed by atoms with Gasteiger partial charge in [0.2, 0.25) is 15.9 Å². The first-order valence-electron chi connectivity index (χ1n) is 12.3. The van der Waals surface area contributed by atoms with E-state index < -0.39 is 27.3 Å². The van der Waals surface area contributed by atoms with Gasteiger partial charge in [0, 0.05) is 37.0 Å². The summed E-state index contributed by atoms with van der Waals surface area (Å²) in [4.78, 5) is 13.3. The van der Waals surface area contributed by atoms with Crippen molar-refractivity contribution in [2.75, 3.05) is 25.1 Å². The minimum atomic E-state index is -3.54. The fourth-order valence-corrected chi connectivity index (χ4v) is 7.96. The molecule has 4 aliphatic rings. The Hall–Kier alpha value is -2.23. The van der Waals surface area contributed by atoms with Crippen LogP contribution >= 0.6 is 0 Å². The van der Waals surface area contributed by atoms with Crippen molar-refractivity contribution in [3.8, 4) is 6.07 Å². The Morgan fingerprint density at radius 1 is 1.34 bits per heavy atom. The Labute approximate surface area is 207 Å². The van der Waals surface area contributed by atoms with Crippen LogP contribution < -0.4 is 16.1 Å². The van der Waals surface area contributed by atoms with E-state index in [0.717, 1.165) is 30.5 Å². The van der Waals surface area contributed by atoms with Crippen molar-refractivity contribution in [1.29, 1.82) is 5.26 Å². The number of ether oxygens (including phenoxy) is 1. The molecule has 0 aliphatic carbocycles. The second kappa shape index (κ2) is 8.71. The van der Waals surface area contributed by atoms with Gasteiger partial charge in [-0.25, -0.2) is 18.9 Å². The molecular formula is C24H34N6O4S. The number of fused-ring (bicyclic) bond motifs is 2. The Balaban J connectivity index is 1.43. The summed E-state index contributed by atoms with van der Waals surface area (Å²) in [5, 5.41) is 18.2. The lowest BCUT2D eigenvalue weighted by molar-refractivity contribution is -0.130. The molecule has 35 heavy (non-hydrogen) atoms. The number of benzene rings is 1. The average molecular weight is 503 g/mol. The van der Waals surface area contributed by atoms with Crippen molar-refractivity contribution in [3.63, 3.8) is 0 Å². The van der Waals surface area contributed by atoms with Crippen LogP contribution in [-0.2, 0) is 26.1 Å². The maximum Gasteiger partial charge on any atom is 0.244 e. The SMILES string of the molecule is CC(C)(C)N1Cc2cc(NC3NN([C@]4(CC#N)CCCOC4)C4CCNC(=O)C34)ccc2S1(=O)=O. The van der Waals surface area contributed by atoms with Crippen molar-refractivity contribution < 1.29 is 17.9 Å². The number of hydrogen-bond donors (Lipinski definition) is 3. The highest BCUT2D eigenvalue weighted by molar-refractivity contribution is 7.89. The maximum absolute atomic E-state index is 13.0. The van der Waals surface area contributed by atoms with Gasteiger partial charge in [-0.1, -0.05) is 0 Å². The third kappa shape index (κ3) is 4.11. The highest BCUT2D eigenvalue weighted by atomic mass is 32.2. The number of hydrogen-bond acceptors (Lipinski definition) is 8. The van der Waals surface area contributed by atoms with E-state index in [0.29, 0.717) is 37.6 Å². The molecule has 3 saturated heterocycles. The third-order valence-electron chi connectivity index (χ3n) is 7.66. The van der Waals surface area contributed by atoms with E-state index in [1.54, 1.807) is 12.1 Å². The molecule has 10 nitrogen and oxygen atoms in total. The van der Waals surface area contributed by atoms with Crippen LogP contribution in [0.4, 0.5) is 5.69 Å². The molecule has 4 heterocycles. The fraction of sp³-hybridized carbons (Fsp3) is 0.667. The molecule has 3 fully saturated rings. The first kappa shape index (κ1) is 24.5. The Morgan fingerprint density at radius 3 is 2.83 bits per heavy atom. The van der Waals surface area contributed by atoms with Gasteiger partial charge in [0.05, 0.1) is 35.4 Å². The van der Waals surface area contributed by atoms with Gasteiger partial charge in [-0.15, -0.1) is 0 Å². The number of hydrazine groups is 1. The molecule has 3 unspecified atom stereocenters. The summed E-state index contributed by atoms with van der Waals surface area (Å²) in [5.41, 5.74) is 4.01. The van der Waals surface area contributed by atoms with Gasteiger partial charge in [0.15, 0.2) is 0 Å². The molecule has 3 N–H and O–H groups in total. The molecule has 1 amide bonds. The smallest absolute Gasteiger partial charge is 0.244 e. The van der Waals surface area contributed by atoms with Gasteiger partial charge in [-0.2, -0.15) is 9.57 Å². The molecule has 5 rings (SSSR count). The first-order valence-corrected chi connectivity index (χ1v) is 13.7. The highest BCUT2D eigenvalue weighted by Crippen LogP contribution is 2.40. The molecule has 4 aliphatic heterocycles. The summed E-state index contributed by atoms with van der Waals surface area (Å²) in [6.07, 6.45) is 2.39. The highest BCUT2D eigenvalue weighted by Gasteiger charge is 2.55. The van der Waals surface area contributed by atoms with Crippen LogP contribution in [0.15, 0.2) is 23.1 Å². The van der Waals surface area contributed by atoms with Gasteiger partial charge in [0.25, 0.3) is 0 Å². The predicted octanol–water partition coefficient (Wildman–Crippen LogP) is 1.52. The lowest BCUT2D eigenvalue weighted by atomic mass is 9.84. The average Bonchev–Trinajstić information content (AvgIpc) is 3.30. The maximum atomic E-state index is 13.0. The molecule has 1 aromatic rings. The Bertz CT molecular complexity index is 1150. The van der Waals surface area contributed by atoms with E-state index in [2.05, 4.69) is 27.1 Å². The number of anilines is 1. The zero-order chi connectivity index (χ0) is 25.0.